The summed E-state index contributed by atoms with van der Waals surface area (Å²) in [7, 11) is 0. The second-order valence-corrected chi connectivity index (χ2v) is 4.18. The molecule has 0 radical (unpaired) electrons. The average Bonchev–Trinajstić information content (AvgIpc) is 2.01. The van der Waals surface area contributed by atoms with Gasteiger partial charge < -0.3 is 0 Å². The van der Waals surface area contributed by atoms with E-state index in [4.69, 9.17) is 0 Å². The predicted molar refractivity (Wildman–Crippen MR) is 55.2 cm³/mol. The number of hydrogen-bond donors (Lipinski definition) is 0. The van der Waals surface area contributed by atoms with Crippen LogP contribution in [0.15, 0.2) is 24.3 Å². The number of aryl methyl sites for hydroxylation is 1. The maximum atomic E-state index is 2.34. The number of hydrogen-bond acceptors (Lipinski definition) is 0. The van der Waals surface area contributed by atoms with E-state index in [1.165, 1.54) is 18.2 Å². The minimum Gasteiger partial charge on any atom is -0.0860 e. The molecule has 2 rings (SSSR count). The summed E-state index contributed by atoms with van der Waals surface area (Å²) >= 11 is 0. The van der Waals surface area contributed by atoms with E-state index >= 15 is 0 Å². The zero-order chi connectivity index (χ0) is 8.55. The van der Waals surface area contributed by atoms with Crippen molar-refractivity contribution in [2.45, 2.75) is 32.3 Å². The molecule has 12 heavy (non-hydrogen) atoms. The lowest BCUT2D eigenvalue weighted by Gasteiger charge is -2.30. The van der Waals surface area contributed by atoms with Gasteiger partial charge in [-0.05, 0) is 18.4 Å². The molecule has 1 heteroatoms. The normalized spacial score (nSPS) is 17.7. The van der Waals surface area contributed by atoms with Crippen LogP contribution in [0.2, 0.25) is 19.5 Å². The first-order chi connectivity index (χ1) is 5.75. The molecular weight excluding hydrogens is 143 g/mol. The smallest absolute Gasteiger partial charge is 0.0860 e. The molecule has 0 atom stereocenters. The second kappa shape index (κ2) is 2.97. The Morgan fingerprint density at radius 2 is 1.75 bits per heavy atom. The highest BCUT2D eigenvalue weighted by Crippen LogP contribution is 2.37. The second-order valence-electron chi connectivity index (χ2n) is 4.18. The molecule has 0 bridgehead atoms. The van der Waals surface area contributed by atoms with Crippen LogP contribution in [-0.4, -0.2) is 6.71 Å². The summed E-state index contributed by atoms with van der Waals surface area (Å²) in [4.78, 5) is 0. The van der Waals surface area contributed by atoms with Crippen molar-refractivity contribution in [2.24, 2.45) is 0 Å². The van der Waals surface area contributed by atoms with E-state index in [9.17, 15) is 0 Å². The lowest BCUT2D eigenvalue weighted by Crippen LogP contribution is -2.26. The highest BCUT2D eigenvalue weighted by molar-refractivity contribution is 6.61. The van der Waals surface area contributed by atoms with Crippen molar-refractivity contribution in [1.29, 1.82) is 0 Å². The van der Waals surface area contributed by atoms with E-state index in [0.717, 1.165) is 12.6 Å². The van der Waals surface area contributed by atoms with Gasteiger partial charge in [0, 0.05) is 0 Å². The van der Waals surface area contributed by atoms with Crippen molar-refractivity contribution in [1.82, 2.24) is 0 Å². The summed E-state index contributed by atoms with van der Waals surface area (Å²) in [5.74, 6) is 0.862. The Balaban J connectivity index is 2.09. The first-order valence-electron chi connectivity index (χ1n) is 4.82. The number of benzene rings is 1. The minimum atomic E-state index is 0.862. The van der Waals surface area contributed by atoms with Crippen LogP contribution < -0.4 is 0 Å². The third kappa shape index (κ3) is 1.41. The van der Waals surface area contributed by atoms with Crippen LogP contribution in [-0.2, 0) is 0 Å². The molecule has 0 aromatic heterocycles. The summed E-state index contributed by atoms with van der Waals surface area (Å²) in [5, 5.41) is 0. The quantitative estimate of drug-likeness (QED) is 0.550. The van der Waals surface area contributed by atoms with Gasteiger partial charge in [0.05, 0.1) is 0 Å². The van der Waals surface area contributed by atoms with Gasteiger partial charge in [-0.25, -0.2) is 0 Å². The van der Waals surface area contributed by atoms with Gasteiger partial charge >= 0.3 is 0 Å². The van der Waals surface area contributed by atoms with Crippen molar-refractivity contribution < 1.29 is 0 Å². The van der Waals surface area contributed by atoms with E-state index < -0.39 is 0 Å². The monoisotopic (exact) mass is 158 g/mol. The molecule has 1 aromatic rings. The molecule has 0 N–H and O–H groups in total. The van der Waals surface area contributed by atoms with E-state index in [0.29, 0.717) is 0 Å². The van der Waals surface area contributed by atoms with Gasteiger partial charge in [-0.15, -0.1) is 0 Å². The molecule has 0 unspecified atom stereocenters. The Labute approximate surface area is 75.1 Å². The lowest BCUT2D eigenvalue weighted by molar-refractivity contribution is 0.767. The Morgan fingerprint density at radius 1 is 1.17 bits per heavy atom. The third-order valence-corrected chi connectivity index (χ3v) is 2.92. The SMILES string of the molecule is CB1CC(c2ccc(C)cc2)C1. The zero-order valence-corrected chi connectivity index (χ0v) is 7.88. The molecule has 1 fully saturated rings. The van der Waals surface area contributed by atoms with Crippen LogP contribution in [0.3, 0.4) is 0 Å². The maximum absolute atomic E-state index is 2.34. The first kappa shape index (κ1) is 7.91. The molecule has 0 aliphatic carbocycles. The van der Waals surface area contributed by atoms with Crippen molar-refractivity contribution >= 4 is 6.71 Å². The van der Waals surface area contributed by atoms with E-state index in [2.05, 4.69) is 38.0 Å². The molecule has 0 amide bonds. The molecule has 0 saturated carbocycles. The maximum Gasteiger partial charge on any atom is 0.137 e. The van der Waals surface area contributed by atoms with Gasteiger partial charge in [0.25, 0.3) is 0 Å². The van der Waals surface area contributed by atoms with Gasteiger partial charge in [0.1, 0.15) is 6.71 Å². The van der Waals surface area contributed by atoms with Crippen molar-refractivity contribution in [2.75, 3.05) is 0 Å². The Kier molecular flexibility index (Phi) is 1.96. The molecule has 1 aliphatic heterocycles. The van der Waals surface area contributed by atoms with Gasteiger partial charge in [0.2, 0.25) is 0 Å². The van der Waals surface area contributed by atoms with E-state index in [1.807, 2.05) is 0 Å². The van der Waals surface area contributed by atoms with Crippen LogP contribution in [0, 0.1) is 6.92 Å². The highest BCUT2D eigenvalue weighted by Gasteiger charge is 2.28. The lowest BCUT2D eigenvalue weighted by atomic mass is 9.32. The number of rotatable bonds is 1. The Bertz CT molecular complexity index is 257. The molecule has 0 nitrogen and oxygen atoms in total. The van der Waals surface area contributed by atoms with Crippen LogP contribution in [0.1, 0.15) is 17.0 Å². The van der Waals surface area contributed by atoms with Gasteiger partial charge in [-0.2, -0.15) is 0 Å². The van der Waals surface area contributed by atoms with Crippen molar-refractivity contribution in [3.05, 3.63) is 35.4 Å². The van der Waals surface area contributed by atoms with E-state index in [1.54, 1.807) is 5.56 Å². The Hall–Kier alpha value is -0.715. The van der Waals surface area contributed by atoms with Gasteiger partial charge in [-0.3, -0.25) is 0 Å². The van der Waals surface area contributed by atoms with Gasteiger partial charge in [-0.1, -0.05) is 49.3 Å². The zero-order valence-electron chi connectivity index (χ0n) is 7.88. The molecular formula is C11H15B. The third-order valence-electron chi connectivity index (χ3n) is 2.92. The molecule has 62 valence electrons. The van der Waals surface area contributed by atoms with Crippen molar-refractivity contribution in [3.63, 3.8) is 0 Å². The van der Waals surface area contributed by atoms with Crippen LogP contribution in [0.4, 0.5) is 0 Å². The highest BCUT2D eigenvalue weighted by atomic mass is 14.2. The fraction of sp³-hybridized carbons (Fsp3) is 0.455. The summed E-state index contributed by atoms with van der Waals surface area (Å²) in [6.07, 6.45) is 2.78. The molecule has 1 aliphatic rings. The average molecular weight is 158 g/mol. The Morgan fingerprint density at radius 3 is 2.25 bits per heavy atom. The molecule has 0 spiro atoms. The fourth-order valence-electron chi connectivity index (χ4n) is 2.01. The predicted octanol–water partition coefficient (Wildman–Crippen LogP) is 3.22. The standard InChI is InChI=1S/C11H15B/c1-9-3-5-10(6-4-9)11-7-12(2)8-11/h3-6,11H,7-8H2,1-2H3. The van der Waals surface area contributed by atoms with Crippen LogP contribution in [0.5, 0.6) is 0 Å². The summed E-state index contributed by atoms with van der Waals surface area (Å²) in [5.41, 5.74) is 2.91. The summed E-state index contributed by atoms with van der Waals surface area (Å²) in [6, 6.07) is 9.01. The summed E-state index contributed by atoms with van der Waals surface area (Å²) < 4.78 is 0. The minimum absolute atomic E-state index is 0.862. The summed E-state index contributed by atoms with van der Waals surface area (Å²) in [6.45, 7) is 5.44. The molecule has 1 heterocycles. The molecule has 1 saturated heterocycles. The van der Waals surface area contributed by atoms with Crippen LogP contribution in [0.25, 0.3) is 0 Å². The van der Waals surface area contributed by atoms with E-state index in [-0.39, 0.29) is 0 Å². The van der Waals surface area contributed by atoms with Crippen LogP contribution >= 0.6 is 0 Å². The van der Waals surface area contributed by atoms with Crippen molar-refractivity contribution in [3.8, 4) is 0 Å². The molecule has 1 aromatic carbocycles. The fourth-order valence-corrected chi connectivity index (χ4v) is 2.01. The topological polar surface area (TPSA) is 0 Å². The first-order valence-corrected chi connectivity index (χ1v) is 4.82. The van der Waals surface area contributed by atoms with Gasteiger partial charge in [0.15, 0.2) is 0 Å². The largest absolute Gasteiger partial charge is 0.137 e.